The molecule has 3 rings (SSSR count). The molecule has 1 aliphatic rings. The van der Waals surface area contributed by atoms with Crippen LogP contribution in [0.1, 0.15) is 11.1 Å². The summed E-state index contributed by atoms with van der Waals surface area (Å²) in [5, 5.41) is 23.4. The monoisotopic (exact) mass is 368 g/mol. The van der Waals surface area contributed by atoms with Crippen LogP contribution in [0.3, 0.4) is 0 Å². The van der Waals surface area contributed by atoms with Gasteiger partial charge < -0.3 is 20.0 Å². The fourth-order valence-electron chi connectivity index (χ4n) is 3.03. The Morgan fingerprint density at radius 2 is 1.85 bits per heavy atom. The molecule has 1 heterocycles. The number of hydrogen-bond acceptors (Lipinski definition) is 6. The van der Waals surface area contributed by atoms with Crippen molar-refractivity contribution in [3.05, 3.63) is 53.6 Å². The van der Waals surface area contributed by atoms with Crippen molar-refractivity contribution >= 4 is 17.8 Å². The van der Waals surface area contributed by atoms with E-state index >= 15 is 0 Å². The number of phenolic OH excluding ortho intramolecular Hbond substituents is 2. The average Bonchev–Trinajstić information content (AvgIpc) is 2.63. The molecular weight excluding hydrogens is 344 g/mol. The van der Waals surface area contributed by atoms with Gasteiger partial charge in [0.05, 0.1) is 12.6 Å². The van der Waals surface area contributed by atoms with E-state index < -0.39 is 0 Å². The summed E-state index contributed by atoms with van der Waals surface area (Å²) in [4.78, 5) is 16.5. The summed E-state index contributed by atoms with van der Waals surface area (Å²) in [5.74, 6) is 0.0653. The van der Waals surface area contributed by atoms with Gasteiger partial charge in [-0.05, 0) is 36.9 Å². The lowest BCUT2D eigenvalue weighted by atomic mass is 10.1. The lowest BCUT2D eigenvalue weighted by Crippen LogP contribution is -2.44. The molecule has 0 radical (unpaired) electrons. The molecule has 1 amide bonds. The molecule has 0 aromatic heterocycles. The second kappa shape index (κ2) is 8.55. The summed E-state index contributed by atoms with van der Waals surface area (Å²) in [5.41, 5.74) is 4.95. The molecule has 0 bridgehead atoms. The van der Waals surface area contributed by atoms with Crippen LogP contribution in [-0.2, 0) is 11.2 Å². The van der Waals surface area contributed by atoms with E-state index in [4.69, 9.17) is 0 Å². The lowest BCUT2D eigenvalue weighted by molar-refractivity contribution is -0.120. The molecule has 0 spiro atoms. The van der Waals surface area contributed by atoms with Gasteiger partial charge in [-0.1, -0.05) is 12.1 Å². The number of carbonyl (C=O) groups excluding carboxylic acids is 1. The van der Waals surface area contributed by atoms with Crippen molar-refractivity contribution in [3.8, 4) is 11.5 Å². The smallest absolute Gasteiger partial charge is 0.244 e. The van der Waals surface area contributed by atoms with E-state index in [9.17, 15) is 15.0 Å². The van der Waals surface area contributed by atoms with E-state index in [2.05, 4.69) is 27.4 Å². The maximum Gasteiger partial charge on any atom is 0.244 e. The van der Waals surface area contributed by atoms with Gasteiger partial charge in [0.1, 0.15) is 11.5 Å². The summed E-state index contributed by atoms with van der Waals surface area (Å²) in [6, 6.07) is 11.7. The Bertz CT molecular complexity index is 830. The number of hydrazone groups is 1. The predicted octanol–water partition coefficient (Wildman–Crippen LogP) is 1.54. The third kappa shape index (κ3) is 5.21. The largest absolute Gasteiger partial charge is 0.508 e. The molecule has 142 valence electrons. The Balaban J connectivity index is 1.65. The second-order valence-corrected chi connectivity index (χ2v) is 6.67. The normalized spacial score (nSPS) is 15.2. The number of phenols is 2. The maximum atomic E-state index is 12.0. The van der Waals surface area contributed by atoms with Crippen LogP contribution in [0.15, 0.2) is 47.6 Å². The molecule has 27 heavy (non-hydrogen) atoms. The van der Waals surface area contributed by atoms with Gasteiger partial charge in [0.25, 0.3) is 0 Å². The Hall–Kier alpha value is -3.06. The minimum Gasteiger partial charge on any atom is -0.508 e. The zero-order valence-electron chi connectivity index (χ0n) is 15.3. The van der Waals surface area contributed by atoms with Gasteiger partial charge in [-0.25, -0.2) is 5.43 Å². The molecule has 0 atom stereocenters. The highest BCUT2D eigenvalue weighted by molar-refractivity contribution is 5.89. The van der Waals surface area contributed by atoms with Crippen molar-refractivity contribution in [2.24, 2.45) is 5.10 Å². The molecule has 0 aliphatic carbocycles. The van der Waals surface area contributed by atoms with Crippen LogP contribution in [0.25, 0.3) is 0 Å². The molecule has 2 aromatic carbocycles. The van der Waals surface area contributed by atoms with Gasteiger partial charge >= 0.3 is 0 Å². The SMILES string of the molecule is CN1CCN(c2cc(O)ccc2/C=N/NC(=O)Cc2cccc(O)c2)CC1. The molecule has 7 heteroatoms. The average molecular weight is 368 g/mol. The van der Waals surface area contributed by atoms with Crippen molar-refractivity contribution in [2.75, 3.05) is 38.1 Å². The van der Waals surface area contributed by atoms with Crippen LogP contribution < -0.4 is 10.3 Å². The topological polar surface area (TPSA) is 88.4 Å². The van der Waals surface area contributed by atoms with E-state index in [1.54, 1.807) is 48.7 Å². The highest BCUT2D eigenvalue weighted by Gasteiger charge is 2.17. The van der Waals surface area contributed by atoms with Gasteiger partial charge in [-0.2, -0.15) is 5.10 Å². The molecule has 7 nitrogen and oxygen atoms in total. The number of nitrogens with zero attached hydrogens (tertiary/aromatic N) is 3. The van der Waals surface area contributed by atoms with Gasteiger partial charge in [-0.15, -0.1) is 0 Å². The van der Waals surface area contributed by atoms with Crippen LogP contribution in [0.4, 0.5) is 5.69 Å². The first-order valence-electron chi connectivity index (χ1n) is 8.87. The highest BCUT2D eigenvalue weighted by Crippen LogP contribution is 2.25. The first kappa shape index (κ1) is 18.7. The van der Waals surface area contributed by atoms with Crippen molar-refractivity contribution in [1.29, 1.82) is 0 Å². The quantitative estimate of drug-likeness (QED) is 0.550. The van der Waals surface area contributed by atoms with Crippen LogP contribution in [0, 0.1) is 0 Å². The van der Waals surface area contributed by atoms with Crippen LogP contribution in [0.2, 0.25) is 0 Å². The fraction of sp³-hybridized carbons (Fsp3) is 0.300. The number of benzene rings is 2. The lowest BCUT2D eigenvalue weighted by Gasteiger charge is -2.34. The summed E-state index contributed by atoms with van der Waals surface area (Å²) in [6.07, 6.45) is 1.72. The van der Waals surface area contributed by atoms with E-state index in [0.717, 1.165) is 37.4 Å². The molecular formula is C20H24N4O3. The summed E-state index contributed by atoms with van der Waals surface area (Å²) in [7, 11) is 2.09. The third-order valence-electron chi connectivity index (χ3n) is 4.53. The number of nitrogens with one attached hydrogen (secondary N) is 1. The van der Waals surface area contributed by atoms with E-state index in [0.29, 0.717) is 5.56 Å². The van der Waals surface area contributed by atoms with E-state index in [-0.39, 0.29) is 23.8 Å². The van der Waals surface area contributed by atoms with Crippen molar-refractivity contribution < 1.29 is 15.0 Å². The van der Waals surface area contributed by atoms with Gasteiger partial charge in [0.2, 0.25) is 5.91 Å². The number of likely N-dealkylation sites (N-methyl/N-ethyl adjacent to an activating group) is 1. The van der Waals surface area contributed by atoms with Gasteiger partial charge in [-0.3, -0.25) is 4.79 Å². The highest BCUT2D eigenvalue weighted by atomic mass is 16.3. The van der Waals surface area contributed by atoms with Gasteiger partial charge in [0.15, 0.2) is 0 Å². The Kier molecular flexibility index (Phi) is 5.93. The first-order valence-corrected chi connectivity index (χ1v) is 8.87. The maximum absolute atomic E-state index is 12.0. The third-order valence-corrected chi connectivity index (χ3v) is 4.53. The number of rotatable bonds is 5. The molecule has 3 N–H and O–H groups in total. The molecule has 0 saturated carbocycles. The minimum absolute atomic E-state index is 0.129. The van der Waals surface area contributed by atoms with E-state index in [1.807, 2.05) is 0 Å². The molecule has 1 fully saturated rings. The number of carbonyl (C=O) groups is 1. The number of hydrogen-bond donors (Lipinski definition) is 3. The zero-order valence-corrected chi connectivity index (χ0v) is 15.3. The zero-order chi connectivity index (χ0) is 19.2. The van der Waals surface area contributed by atoms with Crippen molar-refractivity contribution in [3.63, 3.8) is 0 Å². The number of amides is 1. The van der Waals surface area contributed by atoms with Crippen molar-refractivity contribution in [2.45, 2.75) is 6.42 Å². The molecule has 1 saturated heterocycles. The molecule has 2 aromatic rings. The number of anilines is 1. The summed E-state index contributed by atoms with van der Waals surface area (Å²) in [6.45, 7) is 3.63. The first-order chi connectivity index (χ1) is 13.0. The molecule has 0 unspecified atom stereocenters. The fourth-order valence-corrected chi connectivity index (χ4v) is 3.03. The van der Waals surface area contributed by atoms with Gasteiger partial charge in [0, 0.05) is 43.5 Å². The number of piperazine rings is 1. The predicted molar refractivity (Wildman–Crippen MR) is 105 cm³/mol. The van der Waals surface area contributed by atoms with E-state index in [1.165, 1.54) is 0 Å². The summed E-state index contributed by atoms with van der Waals surface area (Å²) >= 11 is 0. The minimum atomic E-state index is -0.267. The Morgan fingerprint density at radius 1 is 1.11 bits per heavy atom. The molecule has 1 aliphatic heterocycles. The van der Waals surface area contributed by atoms with Crippen LogP contribution in [-0.4, -0.2) is 60.5 Å². The summed E-state index contributed by atoms with van der Waals surface area (Å²) < 4.78 is 0. The standard InChI is InChI=1S/C20H24N4O3/c1-23-7-9-24(10-8-23)19-13-18(26)6-5-16(19)14-21-22-20(27)12-15-3-2-4-17(25)11-15/h2-6,11,13-14,25-26H,7-10,12H2,1H3,(H,22,27)/b21-14+. The Morgan fingerprint density at radius 3 is 2.59 bits per heavy atom. The Labute approximate surface area is 158 Å². The van der Waals surface area contributed by atoms with Crippen LogP contribution >= 0.6 is 0 Å². The second-order valence-electron chi connectivity index (χ2n) is 6.67. The number of aromatic hydroxyl groups is 2. The van der Waals surface area contributed by atoms with Crippen LogP contribution in [0.5, 0.6) is 11.5 Å². The van der Waals surface area contributed by atoms with Crippen molar-refractivity contribution in [1.82, 2.24) is 10.3 Å².